The van der Waals surface area contributed by atoms with Crippen molar-refractivity contribution in [3.8, 4) is 0 Å². The first-order valence-electron chi connectivity index (χ1n) is 6.15. The van der Waals surface area contributed by atoms with E-state index in [-0.39, 0.29) is 25.5 Å². The van der Waals surface area contributed by atoms with Gasteiger partial charge in [-0.1, -0.05) is 6.07 Å². The van der Waals surface area contributed by atoms with Gasteiger partial charge in [-0.3, -0.25) is 24.6 Å². The third kappa shape index (κ3) is 3.55. The highest BCUT2D eigenvalue weighted by molar-refractivity contribution is 6.00. The third-order valence-electron chi connectivity index (χ3n) is 2.94. The number of carbonyl (C=O) groups is 3. The molecule has 1 saturated heterocycles. The summed E-state index contributed by atoms with van der Waals surface area (Å²) in [5.41, 5.74) is 7.87. The molecule has 7 nitrogen and oxygen atoms in total. The number of hydrogen-bond donors (Lipinski definition) is 3. The molecule has 1 aliphatic heterocycles. The molecule has 0 bridgehead atoms. The largest absolute Gasteiger partial charge is 0.398 e. The number of nitrogens with two attached hydrogens (primary N) is 1. The minimum Gasteiger partial charge on any atom is -0.398 e. The summed E-state index contributed by atoms with van der Waals surface area (Å²) < 4.78 is 0. The lowest BCUT2D eigenvalue weighted by Crippen LogP contribution is -2.53. The van der Waals surface area contributed by atoms with Crippen molar-refractivity contribution in [3.05, 3.63) is 23.8 Å². The summed E-state index contributed by atoms with van der Waals surface area (Å²) in [6, 6.07) is 5.22. The number of nitrogens with one attached hydrogen (secondary N) is 2. The van der Waals surface area contributed by atoms with Crippen LogP contribution in [-0.4, -0.2) is 42.3 Å². The zero-order valence-corrected chi connectivity index (χ0v) is 11.1. The summed E-state index contributed by atoms with van der Waals surface area (Å²) >= 11 is 0. The molecule has 1 fully saturated rings. The quantitative estimate of drug-likeness (QED) is 0.509. The van der Waals surface area contributed by atoms with Crippen molar-refractivity contribution in [1.29, 1.82) is 0 Å². The van der Waals surface area contributed by atoms with Gasteiger partial charge in [0.25, 0.3) is 0 Å². The molecule has 1 aromatic carbocycles. The van der Waals surface area contributed by atoms with Crippen LogP contribution in [0.2, 0.25) is 0 Å². The molecule has 7 heteroatoms. The predicted molar refractivity (Wildman–Crippen MR) is 73.8 cm³/mol. The summed E-state index contributed by atoms with van der Waals surface area (Å²) in [4.78, 5) is 35.7. The molecular weight excluding hydrogens is 260 g/mol. The molecule has 3 amide bonds. The van der Waals surface area contributed by atoms with E-state index in [1.807, 2.05) is 13.0 Å². The molecule has 0 radical (unpaired) electrons. The average Bonchev–Trinajstić information content (AvgIpc) is 2.32. The lowest BCUT2D eigenvalue weighted by atomic mass is 10.2. The number of amides is 3. The van der Waals surface area contributed by atoms with E-state index in [0.29, 0.717) is 11.4 Å². The monoisotopic (exact) mass is 276 g/mol. The van der Waals surface area contributed by atoms with Gasteiger partial charge < -0.3 is 11.1 Å². The van der Waals surface area contributed by atoms with Crippen LogP contribution in [0.3, 0.4) is 0 Å². The van der Waals surface area contributed by atoms with Gasteiger partial charge in [0.05, 0.1) is 19.6 Å². The third-order valence-corrected chi connectivity index (χ3v) is 2.94. The van der Waals surface area contributed by atoms with Crippen LogP contribution in [0, 0.1) is 6.92 Å². The fraction of sp³-hybridized carbons (Fsp3) is 0.308. The molecule has 1 aliphatic rings. The van der Waals surface area contributed by atoms with E-state index < -0.39 is 11.8 Å². The lowest BCUT2D eigenvalue weighted by Gasteiger charge is -2.24. The molecule has 4 N–H and O–H groups in total. The first-order valence-corrected chi connectivity index (χ1v) is 6.15. The molecule has 0 aliphatic carbocycles. The Labute approximate surface area is 116 Å². The zero-order valence-electron chi connectivity index (χ0n) is 11.1. The van der Waals surface area contributed by atoms with E-state index in [1.165, 1.54) is 4.90 Å². The molecule has 0 saturated carbocycles. The Morgan fingerprint density at radius 2 is 2.00 bits per heavy atom. The van der Waals surface area contributed by atoms with Crippen LogP contribution in [0.1, 0.15) is 5.56 Å². The average molecular weight is 276 g/mol. The predicted octanol–water partition coefficient (Wildman–Crippen LogP) is -0.526. The molecular formula is C13H16N4O3. The van der Waals surface area contributed by atoms with Gasteiger partial charge in [0.1, 0.15) is 0 Å². The summed E-state index contributed by atoms with van der Waals surface area (Å²) in [6.07, 6.45) is 0. The maximum Gasteiger partial charge on any atom is 0.240 e. The van der Waals surface area contributed by atoms with E-state index in [2.05, 4.69) is 10.6 Å². The Morgan fingerprint density at radius 1 is 1.35 bits per heavy atom. The van der Waals surface area contributed by atoms with E-state index in [0.717, 1.165) is 5.56 Å². The molecule has 0 atom stereocenters. The number of aryl methyl sites for hydroxylation is 1. The van der Waals surface area contributed by atoms with E-state index in [4.69, 9.17) is 5.73 Å². The zero-order chi connectivity index (χ0) is 14.7. The van der Waals surface area contributed by atoms with E-state index in [9.17, 15) is 14.4 Å². The number of imide groups is 1. The Balaban J connectivity index is 1.93. The Hall–Kier alpha value is -2.41. The van der Waals surface area contributed by atoms with Gasteiger partial charge in [-0.05, 0) is 24.6 Å². The second-order valence-electron chi connectivity index (χ2n) is 4.74. The number of piperazine rings is 1. The van der Waals surface area contributed by atoms with Crippen LogP contribution < -0.4 is 16.4 Å². The van der Waals surface area contributed by atoms with Crippen molar-refractivity contribution in [2.75, 3.05) is 30.7 Å². The van der Waals surface area contributed by atoms with Crippen molar-refractivity contribution in [1.82, 2.24) is 10.2 Å². The molecule has 0 aromatic heterocycles. The molecule has 0 unspecified atom stereocenters. The summed E-state index contributed by atoms with van der Waals surface area (Å²) in [5.74, 6) is -1.09. The number of rotatable bonds is 3. The van der Waals surface area contributed by atoms with Crippen molar-refractivity contribution >= 4 is 29.1 Å². The number of nitrogen functional groups attached to an aromatic ring is 1. The molecule has 20 heavy (non-hydrogen) atoms. The number of anilines is 2. The Morgan fingerprint density at radius 3 is 2.60 bits per heavy atom. The summed E-state index contributed by atoms with van der Waals surface area (Å²) in [6.45, 7) is 1.93. The molecule has 0 spiro atoms. The molecule has 1 heterocycles. The van der Waals surface area contributed by atoms with Gasteiger partial charge in [-0.2, -0.15) is 0 Å². The van der Waals surface area contributed by atoms with Crippen LogP contribution in [0.4, 0.5) is 11.4 Å². The topological polar surface area (TPSA) is 105 Å². The SMILES string of the molecule is Cc1ccc(NC(=O)CN2CC(=O)NC(=O)C2)cc1N. The molecule has 106 valence electrons. The maximum absolute atomic E-state index is 11.9. The molecule has 2 rings (SSSR count). The van der Waals surface area contributed by atoms with Crippen LogP contribution in [0.15, 0.2) is 18.2 Å². The smallest absolute Gasteiger partial charge is 0.240 e. The molecule has 1 aromatic rings. The van der Waals surface area contributed by atoms with Gasteiger partial charge in [0, 0.05) is 11.4 Å². The van der Waals surface area contributed by atoms with Gasteiger partial charge in [0.2, 0.25) is 17.7 Å². The standard InChI is InChI=1S/C13H16N4O3/c1-8-2-3-9(4-10(8)14)15-11(18)5-17-6-12(19)16-13(20)7-17/h2-4H,5-7,14H2,1H3,(H,15,18)(H,16,19,20). The van der Waals surface area contributed by atoms with Crippen LogP contribution in [0.25, 0.3) is 0 Å². The van der Waals surface area contributed by atoms with Gasteiger partial charge in [-0.15, -0.1) is 0 Å². The fourth-order valence-electron chi connectivity index (χ4n) is 1.93. The number of nitrogens with zero attached hydrogens (tertiary/aromatic N) is 1. The second kappa shape index (κ2) is 5.70. The normalized spacial score (nSPS) is 15.8. The first kappa shape index (κ1) is 14.0. The fourth-order valence-corrected chi connectivity index (χ4v) is 1.93. The van der Waals surface area contributed by atoms with Gasteiger partial charge >= 0.3 is 0 Å². The van der Waals surface area contributed by atoms with E-state index >= 15 is 0 Å². The number of carbonyl (C=O) groups excluding carboxylic acids is 3. The lowest BCUT2D eigenvalue weighted by molar-refractivity contribution is -0.136. The maximum atomic E-state index is 11.9. The summed E-state index contributed by atoms with van der Waals surface area (Å²) in [5, 5.41) is 4.86. The van der Waals surface area contributed by atoms with Crippen LogP contribution in [-0.2, 0) is 14.4 Å². The minimum absolute atomic E-state index is 0.0209. The Bertz CT molecular complexity index is 555. The highest BCUT2D eigenvalue weighted by Gasteiger charge is 2.23. The van der Waals surface area contributed by atoms with Crippen molar-refractivity contribution in [2.24, 2.45) is 0 Å². The van der Waals surface area contributed by atoms with Gasteiger partial charge in [-0.25, -0.2) is 0 Å². The number of benzene rings is 1. The number of hydrogen-bond acceptors (Lipinski definition) is 5. The van der Waals surface area contributed by atoms with Crippen LogP contribution >= 0.6 is 0 Å². The highest BCUT2D eigenvalue weighted by atomic mass is 16.2. The highest BCUT2D eigenvalue weighted by Crippen LogP contribution is 2.16. The van der Waals surface area contributed by atoms with Crippen molar-refractivity contribution in [3.63, 3.8) is 0 Å². The summed E-state index contributed by atoms with van der Waals surface area (Å²) in [7, 11) is 0. The second-order valence-corrected chi connectivity index (χ2v) is 4.74. The van der Waals surface area contributed by atoms with Crippen molar-refractivity contribution < 1.29 is 14.4 Å². The van der Waals surface area contributed by atoms with E-state index in [1.54, 1.807) is 12.1 Å². The van der Waals surface area contributed by atoms with Gasteiger partial charge in [0.15, 0.2) is 0 Å². The first-order chi connectivity index (χ1) is 9.44. The van der Waals surface area contributed by atoms with Crippen molar-refractivity contribution in [2.45, 2.75) is 6.92 Å². The minimum atomic E-state index is -0.395. The van der Waals surface area contributed by atoms with Crippen LogP contribution in [0.5, 0.6) is 0 Å². The Kier molecular flexibility index (Phi) is 3.99.